The third-order valence-corrected chi connectivity index (χ3v) is 5.37. The number of likely N-dealkylation sites (tertiary alicyclic amines) is 1. The fraction of sp³-hybridized carbons (Fsp3) is 0.526. The highest BCUT2D eigenvalue weighted by Crippen LogP contribution is 2.33. The van der Waals surface area contributed by atoms with Gasteiger partial charge in [-0.2, -0.15) is 0 Å². The Morgan fingerprint density at radius 1 is 1.24 bits per heavy atom. The maximum absolute atomic E-state index is 13.1. The molecule has 1 saturated heterocycles. The standard InChI is InChI=1S/C19H23FN6O3/c1-11(2)18(28)26-9-13(27)7-15(26)17-23-22-16-10-24(5-6-25(16)17)19(29)14-4-3-12(20)8-21-14/h3-4,8,11,13,15,27H,5-7,9-10H2,1-2H3/t13-,15+/m1/s1. The monoisotopic (exact) mass is 402 g/mol. The number of fused-ring (bicyclic) bond motifs is 1. The van der Waals surface area contributed by atoms with Crippen molar-refractivity contribution < 1.29 is 19.1 Å². The molecular weight excluding hydrogens is 379 g/mol. The Hall–Kier alpha value is -2.88. The summed E-state index contributed by atoms with van der Waals surface area (Å²) in [6, 6.07) is 2.23. The van der Waals surface area contributed by atoms with E-state index < -0.39 is 11.9 Å². The summed E-state index contributed by atoms with van der Waals surface area (Å²) in [5, 5.41) is 18.6. The fourth-order valence-corrected chi connectivity index (χ4v) is 3.90. The Morgan fingerprint density at radius 3 is 2.72 bits per heavy atom. The Bertz CT molecular complexity index is 929. The molecule has 2 aromatic heterocycles. The van der Waals surface area contributed by atoms with Crippen LogP contribution in [0.15, 0.2) is 18.3 Å². The number of pyridine rings is 1. The lowest BCUT2D eigenvalue weighted by molar-refractivity contribution is -0.135. The minimum atomic E-state index is -0.595. The Morgan fingerprint density at radius 2 is 2.03 bits per heavy atom. The molecule has 0 radical (unpaired) electrons. The second-order valence-electron chi connectivity index (χ2n) is 7.77. The van der Waals surface area contributed by atoms with Crippen molar-refractivity contribution in [3.05, 3.63) is 41.5 Å². The lowest BCUT2D eigenvalue weighted by Crippen LogP contribution is -2.40. The van der Waals surface area contributed by atoms with Gasteiger partial charge in [-0.15, -0.1) is 10.2 Å². The van der Waals surface area contributed by atoms with E-state index in [9.17, 15) is 19.1 Å². The molecule has 2 amide bonds. The van der Waals surface area contributed by atoms with Gasteiger partial charge in [0.25, 0.3) is 5.91 Å². The summed E-state index contributed by atoms with van der Waals surface area (Å²) < 4.78 is 15.0. The van der Waals surface area contributed by atoms with Crippen LogP contribution in [-0.2, 0) is 17.9 Å². The van der Waals surface area contributed by atoms with Crippen LogP contribution in [0.2, 0.25) is 0 Å². The first-order chi connectivity index (χ1) is 13.8. The van der Waals surface area contributed by atoms with Crippen molar-refractivity contribution in [1.29, 1.82) is 0 Å². The molecule has 0 aliphatic carbocycles. The third kappa shape index (κ3) is 3.59. The zero-order valence-corrected chi connectivity index (χ0v) is 16.3. The van der Waals surface area contributed by atoms with Crippen LogP contribution in [-0.4, -0.2) is 65.7 Å². The molecule has 10 heteroatoms. The molecule has 154 valence electrons. The SMILES string of the molecule is CC(C)C(=O)N1C[C@H](O)C[C@H]1c1nnc2n1CCN(C(=O)c1ccc(F)cn1)C2. The zero-order chi connectivity index (χ0) is 20.7. The van der Waals surface area contributed by atoms with Crippen molar-refractivity contribution in [2.75, 3.05) is 13.1 Å². The van der Waals surface area contributed by atoms with Gasteiger partial charge < -0.3 is 19.5 Å². The summed E-state index contributed by atoms with van der Waals surface area (Å²) in [6.07, 6.45) is 0.837. The maximum Gasteiger partial charge on any atom is 0.272 e. The van der Waals surface area contributed by atoms with Crippen molar-refractivity contribution in [3.63, 3.8) is 0 Å². The number of hydrogen-bond acceptors (Lipinski definition) is 6. The minimum absolute atomic E-state index is 0.0288. The highest BCUT2D eigenvalue weighted by atomic mass is 19.1. The fourth-order valence-electron chi connectivity index (χ4n) is 3.90. The highest BCUT2D eigenvalue weighted by Gasteiger charge is 2.40. The van der Waals surface area contributed by atoms with Crippen molar-refractivity contribution in [3.8, 4) is 0 Å². The summed E-state index contributed by atoms with van der Waals surface area (Å²) in [6.45, 7) is 5.08. The number of carbonyl (C=O) groups is 2. The van der Waals surface area contributed by atoms with E-state index in [2.05, 4.69) is 15.2 Å². The number of aromatic nitrogens is 4. The second-order valence-corrected chi connectivity index (χ2v) is 7.77. The molecule has 0 aromatic carbocycles. The topological polar surface area (TPSA) is 104 Å². The molecule has 9 nitrogen and oxygen atoms in total. The van der Waals surface area contributed by atoms with E-state index in [1.165, 1.54) is 12.1 Å². The van der Waals surface area contributed by atoms with Crippen LogP contribution in [0.5, 0.6) is 0 Å². The minimum Gasteiger partial charge on any atom is -0.391 e. The molecule has 1 fully saturated rings. The first-order valence-electron chi connectivity index (χ1n) is 9.66. The quantitative estimate of drug-likeness (QED) is 0.813. The van der Waals surface area contributed by atoms with Gasteiger partial charge in [0.15, 0.2) is 11.6 Å². The van der Waals surface area contributed by atoms with Gasteiger partial charge in [0.1, 0.15) is 11.5 Å². The van der Waals surface area contributed by atoms with E-state index >= 15 is 0 Å². The van der Waals surface area contributed by atoms with E-state index in [1.807, 2.05) is 18.4 Å². The molecule has 4 heterocycles. The predicted octanol–water partition coefficient (Wildman–Crippen LogP) is 0.758. The summed E-state index contributed by atoms with van der Waals surface area (Å²) in [7, 11) is 0. The van der Waals surface area contributed by atoms with Gasteiger partial charge in [-0.1, -0.05) is 13.8 Å². The number of carbonyl (C=O) groups excluding carboxylic acids is 2. The molecule has 2 aromatic rings. The molecule has 2 atom stereocenters. The number of amides is 2. The smallest absolute Gasteiger partial charge is 0.272 e. The zero-order valence-electron chi connectivity index (χ0n) is 16.3. The van der Waals surface area contributed by atoms with Crippen LogP contribution in [0.25, 0.3) is 0 Å². The normalized spacial score (nSPS) is 21.6. The van der Waals surface area contributed by atoms with Crippen molar-refractivity contribution in [2.45, 2.75) is 45.5 Å². The van der Waals surface area contributed by atoms with Crippen molar-refractivity contribution >= 4 is 11.8 Å². The van der Waals surface area contributed by atoms with Gasteiger partial charge in [0, 0.05) is 32.0 Å². The molecule has 2 aliphatic heterocycles. The molecule has 1 N–H and O–H groups in total. The maximum atomic E-state index is 13.1. The number of β-amino-alcohol motifs (C(OH)–C–C–N with tert-alkyl or cyclic N) is 1. The first-order valence-corrected chi connectivity index (χ1v) is 9.66. The van der Waals surface area contributed by atoms with Gasteiger partial charge >= 0.3 is 0 Å². The summed E-state index contributed by atoms with van der Waals surface area (Å²) >= 11 is 0. The molecule has 2 aliphatic rings. The number of aliphatic hydroxyl groups excluding tert-OH is 1. The van der Waals surface area contributed by atoms with E-state index in [-0.39, 0.29) is 42.6 Å². The number of nitrogens with zero attached hydrogens (tertiary/aromatic N) is 6. The Balaban J connectivity index is 1.54. The van der Waals surface area contributed by atoms with Crippen LogP contribution in [0, 0.1) is 11.7 Å². The van der Waals surface area contributed by atoms with Gasteiger partial charge in [0.05, 0.1) is 24.9 Å². The van der Waals surface area contributed by atoms with Crippen molar-refractivity contribution in [1.82, 2.24) is 29.5 Å². The summed E-state index contributed by atoms with van der Waals surface area (Å²) in [4.78, 5) is 32.3. The van der Waals surface area contributed by atoms with Crippen LogP contribution in [0.4, 0.5) is 4.39 Å². The molecule has 0 unspecified atom stereocenters. The summed E-state index contributed by atoms with van der Waals surface area (Å²) in [5.41, 5.74) is 0.173. The van der Waals surface area contributed by atoms with Crippen LogP contribution in [0.1, 0.15) is 48.4 Å². The Labute approximate surface area is 167 Å². The second kappa shape index (κ2) is 7.51. The lowest BCUT2D eigenvalue weighted by atomic mass is 10.1. The molecule has 0 saturated carbocycles. The number of rotatable bonds is 3. The average molecular weight is 402 g/mol. The third-order valence-electron chi connectivity index (χ3n) is 5.37. The van der Waals surface area contributed by atoms with Gasteiger partial charge in [-0.3, -0.25) is 9.59 Å². The molecule has 29 heavy (non-hydrogen) atoms. The predicted molar refractivity (Wildman–Crippen MR) is 98.9 cm³/mol. The Kier molecular flexibility index (Phi) is 5.03. The van der Waals surface area contributed by atoms with E-state index in [0.717, 1.165) is 6.20 Å². The molecule has 0 bridgehead atoms. The van der Waals surface area contributed by atoms with Gasteiger partial charge in [0.2, 0.25) is 5.91 Å². The van der Waals surface area contributed by atoms with Crippen LogP contribution in [0.3, 0.4) is 0 Å². The number of halogens is 1. The first kappa shape index (κ1) is 19.4. The van der Waals surface area contributed by atoms with Crippen molar-refractivity contribution in [2.24, 2.45) is 5.92 Å². The molecular formula is C19H23FN6O3. The van der Waals surface area contributed by atoms with E-state index in [1.54, 1.807) is 9.80 Å². The van der Waals surface area contributed by atoms with E-state index in [4.69, 9.17) is 0 Å². The van der Waals surface area contributed by atoms with Gasteiger partial charge in [-0.05, 0) is 12.1 Å². The molecule has 4 rings (SSSR count). The average Bonchev–Trinajstić information content (AvgIpc) is 3.29. The molecule has 0 spiro atoms. The van der Waals surface area contributed by atoms with Crippen LogP contribution < -0.4 is 0 Å². The number of hydrogen-bond donors (Lipinski definition) is 1. The number of aliphatic hydroxyl groups is 1. The lowest BCUT2D eigenvalue weighted by Gasteiger charge is -2.30. The summed E-state index contributed by atoms with van der Waals surface area (Å²) in [5.74, 6) is 0.247. The van der Waals surface area contributed by atoms with Gasteiger partial charge in [-0.25, -0.2) is 9.37 Å². The van der Waals surface area contributed by atoms with Crippen LogP contribution >= 0.6 is 0 Å². The van der Waals surface area contributed by atoms with E-state index in [0.29, 0.717) is 31.2 Å². The largest absolute Gasteiger partial charge is 0.391 e. The highest BCUT2D eigenvalue weighted by molar-refractivity contribution is 5.92.